The van der Waals surface area contributed by atoms with Gasteiger partial charge in [0.05, 0.1) is 30.9 Å². The van der Waals surface area contributed by atoms with Crippen molar-refractivity contribution >= 4 is 11.6 Å². The van der Waals surface area contributed by atoms with E-state index in [1.54, 1.807) is 6.92 Å². The van der Waals surface area contributed by atoms with Gasteiger partial charge in [-0.1, -0.05) is 0 Å². The highest BCUT2D eigenvalue weighted by atomic mass is 16.5. The van der Waals surface area contributed by atoms with Crippen LogP contribution in [0.2, 0.25) is 0 Å². The van der Waals surface area contributed by atoms with E-state index in [0.29, 0.717) is 5.56 Å². The molecule has 0 spiro atoms. The van der Waals surface area contributed by atoms with Crippen LogP contribution >= 0.6 is 0 Å². The Labute approximate surface area is 136 Å². The van der Waals surface area contributed by atoms with Gasteiger partial charge in [0.1, 0.15) is 11.5 Å². The third-order valence-electron chi connectivity index (χ3n) is 4.04. The van der Waals surface area contributed by atoms with Crippen LogP contribution in [0.1, 0.15) is 37.4 Å². The standard InChI is InChI=1S/C17H14O7/c1-6-4-9(23-2)11-12(13(6)19)14(20)7-5-8(18)17(24-3)16(22)10(7)15(11)21/h4-5,18-19,22H,1-3H3. The van der Waals surface area contributed by atoms with Gasteiger partial charge in [0.15, 0.2) is 17.3 Å². The molecular formula is C17H14O7. The summed E-state index contributed by atoms with van der Waals surface area (Å²) in [6.45, 7) is 1.56. The van der Waals surface area contributed by atoms with E-state index in [9.17, 15) is 24.9 Å². The van der Waals surface area contributed by atoms with Gasteiger partial charge in [-0.2, -0.15) is 0 Å². The molecule has 0 bridgehead atoms. The summed E-state index contributed by atoms with van der Waals surface area (Å²) in [5, 5.41) is 30.4. The van der Waals surface area contributed by atoms with E-state index in [1.165, 1.54) is 20.3 Å². The first-order chi connectivity index (χ1) is 11.3. The molecule has 2 aromatic carbocycles. The second-order valence-corrected chi connectivity index (χ2v) is 5.35. The number of hydrogen-bond acceptors (Lipinski definition) is 7. The topological polar surface area (TPSA) is 113 Å². The van der Waals surface area contributed by atoms with Crippen LogP contribution in [0, 0.1) is 6.92 Å². The minimum Gasteiger partial charge on any atom is -0.507 e. The summed E-state index contributed by atoms with van der Waals surface area (Å²) < 4.78 is 10.0. The molecule has 7 nitrogen and oxygen atoms in total. The van der Waals surface area contributed by atoms with Crippen molar-refractivity contribution in [3.8, 4) is 28.7 Å². The van der Waals surface area contributed by atoms with E-state index in [1.807, 2.05) is 0 Å². The second-order valence-electron chi connectivity index (χ2n) is 5.35. The number of carbonyl (C=O) groups is 2. The maximum atomic E-state index is 12.9. The molecule has 0 amide bonds. The average molecular weight is 330 g/mol. The Bertz CT molecular complexity index is 912. The molecule has 0 heterocycles. The summed E-state index contributed by atoms with van der Waals surface area (Å²) >= 11 is 0. The lowest BCUT2D eigenvalue weighted by molar-refractivity contribution is 0.0970. The van der Waals surface area contributed by atoms with Crippen LogP contribution in [0.25, 0.3) is 0 Å². The first-order valence-electron chi connectivity index (χ1n) is 6.96. The van der Waals surface area contributed by atoms with Crippen molar-refractivity contribution in [1.29, 1.82) is 0 Å². The number of hydrogen-bond donors (Lipinski definition) is 3. The molecule has 7 heteroatoms. The summed E-state index contributed by atoms with van der Waals surface area (Å²) in [4.78, 5) is 25.6. The van der Waals surface area contributed by atoms with Crippen LogP contribution < -0.4 is 9.47 Å². The highest BCUT2D eigenvalue weighted by molar-refractivity contribution is 6.31. The molecule has 0 saturated heterocycles. The zero-order chi connectivity index (χ0) is 17.8. The summed E-state index contributed by atoms with van der Waals surface area (Å²) in [6, 6.07) is 2.46. The number of rotatable bonds is 2. The minimum atomic E-state index is -0.706. The highest BCUT2D eigenvalue weighted by Crippen LogP contribution is 2.47. The van der Waals surface area contributed by atoms with Gasteiger partial charge in [0.2, 0.25) is 11.5 Å². The molecule has 3 rings (SSSR count). The van der Waals surface area contributed by atoms with Gasteiger partial charge in [0.25, 0.3) is 0 Å². The molecule has 24 heavy (non-hydrogen) atoms. The van der Waals surface area contributed by atoms with Crippen molar-refractivity contribution < 1.29 is 34.4 Å². The predicted molar refractivity (Wildman–Crippen MR) is 82.6 cm³/mol. The van der Waals surface area contributed by atoms with Gasteiger partial charge in [-0.25, -0.2) is 0 Å². The number of ether oxygens (including phenoxy) is 2. The normalized spacial score (nSPS) is 12.6. The fraction of sp³-hybridized carbons (Fsp3) is 0.176. The van der Waals surface area contributed by atoms with E-state index in [4.69, 9.17) is 9.47 Å². The first kappa shape index (κ1) is 15.7. The molecule has 0 atom stereocenters. The number of phenolic OH excluding ortho intramolecular Hbond substituents is 3. The number of ketones is 2. The lowest BCUT2D eigenvalue weighted by Crippen LogP contribution is -2.22. The number of phenols is 3. The van der Waals surface area contributed by atoms with E-state index in [0.717, 1.165) is 6.07 Å². The quantitative estimate of drug-likeness (QED) is 0.657. The zero-order valence-corrected chi connectivity index (χ0v) is 13.1. The van der Waals surface area contributed by atoms with Crippen LogP contribution in [0.15, 0.2) is 12.1 Å². The van der Waals surface area contributed by atoms with Crippen LogP contribution in [0.3, 0.4) is 0 Å². The predicted octanol–water partition coefficient (Wildman–Crippen LogP) is 1.90. The van der Waals surface area contributed by atoms with Crippen molar-refractivity contribution in [1.82, 2.24) is 0 Å². The fourth-order valence-electron chi connectivity index (χ4n) is 2.89. The molecule has 1 aliphatic rings. The van der Waals surface area contributed by atoms with Crippen molar-refractivity contribution in [3.63, 3.8) is 0 Å². The van der Waals surface area contributed by atoms with Gasteiger partial charge < -0.3 is 24.8 Å². The van der Waals surface area contributed by atoms with Crippen LogP contribution in [-0.4, -0.2) is 41.1 Å². The molecule has 0 aromatic heterocycles. The molecule has 0 aliphatic heterocycles. The molecular weight excluding hydrogens is 316 g/mol. The first-order valence-corrected chi connectivity index (χ1v) is 6.96. The molecule has 1 aliphatic carbocycles. The number of benzene rings is 2. The summed E-state index contributed by atoms with van der Waals surface area (Å²) in [7, 11) is 2.54. The van der Waals surface area contributed by atoms with Gasteiger partial charge in [0, 0.05) is 5.56 Å². The van der Waals surface area contributed by atoms with Crippen molar-refractivity contribution in [2.24, 2.45) is 0 Å². The molecule has 3 N–H and O–H groups in total. The van der Waals surface area contributed by atoms with Crippen LogP contribution in [0.5, 0.6) is 28.7 Å². The lowest BCUT2D eigenvalue weighted by Gasteiger charge is -2.23. The summed E-state index contributed by atoms with van der Waals surface area (Å²) in [5.74, 6) is -3.08. The van der Waals surface area contributed by atoms with Gasteiger partial charge >= 0.3 is 0 Å². The Hall–Kier alpha value is -3.22. The lowest BCUT2D eigenvalue weighted by atomic mass is 9.81. The Morgan fingerprint density at radius 1 is 0.833 bits per heavy atom. The number of aryl methyl sites for hydroxylation is 1. The van der Waals surface area contributed by atoms with Crippen LogP contribution in [0.4, 0.5) is 0 Å². The van der Waals surface area contributed by atoms with Crippen molar-refractivity contribution in [3.05, 3.63) is 39.9 Å². The van der Waals surface area contributed by atoms with Crippen molar-refractivity contribution in [2.45, 2.75) is 6.92 Å². The second kappa shape index (κ2) is 5.16. The Morgan fingerprint density at radius 2 is 1.50 bits per heavy atom. The fourth-order valence-corrected chi connectivity index (χ4v) is 2.89. The number of aromatic hydroxyl groups is 3. The average Bonchev–Trinajstić information content (AvgIpc) is 2.54. The van der Waals surface area contributed by atoms with Gasteiger partial charge in [-0.15, -0.1) is 0 Å². The molecule has 0 radical (unpaired) electrons. The van der Waals surface area contributed by atoms with Crippen molar-refractivity contribution in [2.75, 3.05) is 14.2 Å². The van der Waals surface area contributed by atoms with E-state index in [-0.39, 0.29) is 39.5 Å². The summed E-state index contributed by atoms with van der Waals surface area (Å²) in [6.07, 6.45) is 0. The molecule has 0 unspecified atom stereocenters. The smallest absolute Gasteiger partial charge is 0.203 e. The van der Waals surface area contributed by atoms with E-state index in [2.05, 4.69) is 0 Å². The molecule has 0 saturated carbocycles. The highest BCUT2D eigenvalue weighted by Gasteiger charge is 2.39. The largest absolute Gasteiger partial charge is 0.507 e. The Morgan fingerprint density at radius 3 is 2.08 bits per heavy atom. The number of carbonyl (C=O) groups excluding carboxylic acids is 2. The molecule has 2 aromatic rings. The molecule has 124 valence electrons. The monoisotopic (exact) mass is 330 g/mol. The Kier molecular flexibility index (Phi) is 3.37. The van der Waals surface area contributed by atoms with Gasteiger partial charge in [-0.05, 0) is 24.6 Å². The van der Waals surface area contributed by atoms with E-state index >= 15 is 0 Å². The number of methoxy groups -OCH3 is 2. The maximum absolute atomic E-state index is 12.9. The summed E-state index contributed by atoms with van der Waals surface area (Å²) in [5.41, 5.74) is -0.512. The maximum Gasteiger partial charge on any atom is 0.203 e. The van der Waals surface area contributed by atoms with E-state index < -0.39 is 23.1 Å². The third kappa shape index (κ3) is 1.84. The van der Waals surface area contributed by atoms with Crippen LogP contribution in [-0.2, 0) is 0 Å². The number of fused-ring (bicyclic) bond motifs is 2. The Balaban J connectivity index is 2.43. The SMILES string of the molecule is COc1cc(C)c(O)c2c1C(=O)c1c(cc(O)c(OC)c1O)C2=O. The minimum absolute atomic E-state index is 0.107. The van der Waals surface area contributed by atoms with Gasteiger partial charge in [-0.3, -0.25) is 9.59 Å². The molecule has 0 fully saturated rings. The zero-order valence-electron chi connectivity index (χ0n) is 13.1. The third-order valence-corrected chi connectivity index (χ3v) is 4.04.